The van der Waals surface area contributed by atoms with Crippen molar-refractivity contribution in [2.45, 2.75) is 0 Å². The van der Waals surface area contributed by atoms with Gasteiger partial charge in [-0.25, -0.2) is 15.0 Å². The minimum Gasteiger partial charge on any atom is -0.438 e. The molecule has 0 N–H and O–H groups in total. The summed E-state index contributed by atoms with van der Waals surface area (Å²) in [5.74, 6) is 1.32. The van der Waals surface area contributed by atoms with Crippen molar-refractivity contribution >= 4 is 33.0 Å². The maximum atomic E-state index is 6.29. The van der Waals surface area contributed by atoms with Gasteiger partial charge in [0.1, 0.15) is 5.58 Å². The molecule has 0 unspecified atom stereocenters. The molecule has 0 aliphatic rings. The predicted molar refractivity (Wildman–Crippen MR) is 215 cm³/mol. The van der Waals surface area contributed by atoms with Crippen molar-refractivity contribution < 1.29 is 4.42 Å². The van der Waals surface area contributed by atoms with Crippen LogP contribution < -0.4 is 0 Å². The first-order valence-corrected chi connectivity index (χ1v) is 17.6. The standard InChI is InChI=1S/C48H30N4O/c1-3-14-31(15-4-1)44-39-24-7-9-26-41(39)49-46(50-44)37-22-12-20-35(29-37)33-18-11-19-34(28-33)36-21-13-23-38(30-36)47-51-45(32-16-5-2-6-17-32)43-40-25-8-10-27-42(40)53-48(43)52-47/h1-30H. The highest BCUT2D eigenvalue weighted by molar-refractivity contribution is 6.10. The van der Waals surface area contributed by atoms with Crippen LogP contribution in [0, 0.1) is 0 Å². The molecule has 248 valence electrons. The average molecular weight is 679 g/mol. The van der Waals surface area contributed by atoms with E-state index in [2.05, 4.69) is 115 Å². The van der Waals surface area contributed by atoms with Crippen LogP contribution in [0.1, 0.15) is 0 Å². The van der Waals surface area contributed by atoms with Gasteiger partial charge in [-0.3, -0.25) is 0 Å². The molecule has 0 saturated heterocycles. The second kappa shape index (κ2) is 12.8. The van der Waals surface area contributed by atoms with E-state index in [-0.39, 0.29) is 0 Å². The molecule has 0 atom stereocenters. The van der Waals surface area contributed by atoms with Gasteiger partial charge in [0.2, 0.25) is 5.71 Å². The van der Waals surface area contributed by atoms with E-state index < -0.39 is 0 Å². The largest absolute Gasteiger partial charge is 0.438 e. The second-order valence-electron chi connectivity index (χ2n) is 13.1. The Hall–Kier alpha value is -7.24. The summed E-state index contributed by atoms with van der Waals surface area (Å²) in [5.41, 5.74) is 12.4. The molecule has 0 saturated carbocycles. The van der Waals surface area contributed by atoms with Crippen LogP contribution in [0.15, 0.2) is 186 Å². The molecule has 5 nitrogen and oxygen atoms in total. The lowest BCUT2D eigenvalue weighted by Gasteiger charge is -2.11. The van der Waals surface area contributed by atoms with Crippen LogP contribution in [0.2, 0.25) is 0 Å². The number of furan rings is 1. The molecule has 10 rings (SSSR count). The molecule has 0 fully saturated rings. The van der Waals surface area contributed by atoms with Gasteiger partial charge in [0, 0.05) is 33.0 Å². The fraction of sp³-hybridized carbons (Fsp3) is 0. The Kier molecular flexibility index (Phi) is 7.40. The van der Waals surface area contributed by atoms with Gasteiger partial charge in [0.05, 0.1) is 22.3 Å². The molecular formula is C48H30N4O. The van der Waals surface area contributed by atoms with Gasteiger partial charge < -0.3 is 4.42 Å². The number of hydrogen-bond acceptors (Lipinski definition) is 5. The third kappa shape index (κ3) is 5.61. The number of rotatable bonds is 6. The lowest BCUT2D eigenvalue weighted by molar-refractivity contribution is 0.653. The number of hydrogen-bond donors (Lipinski definition) is 0. The summed E-state index contributed by atoms with van der Waals surface area (Å²) in [5, 5.41) is 2.96. The van der Waals surface area contributed by atoms with Crippen molar-refractivity contribution in [2.75, 3.05) is 0 Å². The molecule has 0 aliphatic heterocycles. The first kappa shape index (κ1) is 30.6. The van der Waals surface area contributed by atoms with E-state index >= 15 is 0 Å². The molecule has 10 aromatic rings. The van der Waals surface area contributed by atoms with E-state index in [9.17, 15) is 0 Å². The lowest BCUT2D eigenvalue weighted by atomic mass is 9.96. The third-order valence-corrected chi connectivity index (χ3v) is 9.71. The number of benzene rings is 7. The van der Waals surface area contributed by atoms with Crippen molar-refractivity contribution in [3.05, 3.63) is 182 Å². The molecule has 5 heteroatoms. The maximum absolute atomic E-state index is 6.29. The molecule has 0 amide bonds. The Morgan fingerprint density at radius 1 is 0.321 bits per heavy atom. The van der Waals surface area contributed by atoms with Crippen molar-refractivity contribution in [1.29, 1.82) is 0 Å². The van der Waals surface area contributed by atoms with Crippen molar-refractivity contribution in [3.8, 4) is 67.5 Å². The fourth-order valence-corrected chi connectivity index (χ4v) is 7.13. The van der Waals surface area contributed by atoms with E-state index in [0.29, 0.717) is 17.4 Å². The monoisotopic (exact) mass is 678 g/mol. The molecule has 3 aromatic heterocycles. The van der Waals surface area contributed by atoms with Crippen molar-refractivity contribution in [2.24, 2.45) is 0 Å². The van der Waals surface area contributed by atoms with Crippen molar-refractivity contribution in [3.63, 3.8) is 0 Å². The van der Waals surface area contributed by atoms with Gasteiger partial charge in [-0.1, -0.05) is 152 Å². The van der Waals surface area contributed by atoms with Crippen molar-refractivity contribution in [1.82, 2.24) is 19.9 Å². The molecule has 3 heterocycles. The van der Waals surface area contributed by atoms with Crippen LogP contribution in [0.25, 0.3) is 101 Å². The van der Waals surface area contributed by atoms with Crippen LogP contribution in [-0.2, 0) is 0 Å². The van der Waals surface area contributed by atoms with E-state index in [1.54, 1.807) is 0 Å². The van der Waals surface area contributed by atoms with Gasteiger partial charge in [-0.15, -0.1) is 0 Å². The van der Waals surface area contributed by atoms with E-state index in [1.807, 2.05) is 66.7 Å². The normalized spacial score (nSPS) is 11.4. The van der Waals surface area contributed by atoms with Crippen LogP contribution in [0.5, 0.6) is 0 Å². The summed E-state index contributed by atoms with van der Waals surface area (Å²) >= 11 is 0. The molecule has 0 radical (unpaired) electrons. The van der Waals surface area contributed by atoms with Gasteiger partial charge in [-0.05, 0) is 52.6 Å². The maximum Gasteiger partial charge on any atom is 0.231 e. The summed E-state index contributed by atoms with van der Waals surface area (Å²) in [6, 6.07) is 62.3. The highest BCUT2D eigenvalue weighted by Gasteiger charge is 2.18. The topological polar surface area (TPSA) is 64.7 Å². The SMILES string of the molecule is c1ccc(-c2nc(-c3cccc(-c4cccc(-c5cccc(-c6nc(-c7ccccc7)c7c(n6)oc6ccccc67)c5)c4)c3)nc3ccccc23)cc1. The average Bonchev–Trinajstić information content (AvgIpc) is 3.62. The van der Waals surface area contributed by atoms with E-state index in [0.717, 1.165) is 83.2 Å². The highest BCUT2D eigenvalue weighted by atomic mass is 16.3. The Balaban J connectivity index is 1.03. The van der Waals surface area contributed by atoms with Gasteiger partial charge in [0.15, 0.2) is 11.6 Å². The summed E-state index contributed by atoms with van der Waals surface area (Å²) in [6.45, 7) is 0. The Labute approximate surface area is 305 Å². The fourth-order valence-electron chi connectivity index (χ4n) is 7.13. The zero-order chi connectivity index (χ0) is 35.1. The molecule has 0 bridgehead atoms. The van der Waals surface area contributed by atoms with E-state index in [1.165, 1.54) is 0 Å². The molecule has 53 heavy (non-hydrogen) atoms. The van der Waals surface area contributed by atoms with Gasteiger partial charge >= 0.3 is 0 Å². The van der Waals surface area contributed by atoms with E-state index in [4.69, 9.17) is 24.4 Å². The van der Waals surface area contributed by atoms with Gasteiger partial charge in [0.25, 0.3) is 0 Å². The molecular weight excluding hydrogens is 649 g/mol. The van der Waals surface area contributed by atoms with Crippen LogP contribution in [0.3, 0.4) is 0 Å². The molecule has 0 aliphatic carbocycles. The smallest absolute Gasteiger partial charge is 0.231 e. The minimum atomic E-state index is 0.577. The number of aromatic nitrogens is 4. The number of nitrogens with zero attached hydrogens (tertiary/aromatic N) is 4. The second-order valence-corrected chi connectivity index (χ2v) is 13.1. The van der Waals surface area contributed by atoms with Gasteiger partial charge in [-0.2, -0.15) is 4.98 Å². The first-order chi connectivity index (χ1) is 26.2. The Morgan fingerprint density at radius 3 is 1.42 bits per heavy atom. The summed E-state index contributed by atoms with van der Waals surface area (Å²) in [4.78, 5) is 20.2. The summed E-state index contributed by atoms with van der Waals surface area (Å²) in [6.07, 6.45) is 0. The Morgan fingerprint density at radius 2 is 0.774 bits per heavy atom. The summed E-state index contributed by atoms with van der Waals surface area (Å²) < 4.78 is 6.29. The Bertz CT molecular complexity index is 2950. The number of para-hydroxylation sites is 2. The van der Waals surface area contributed by atoms with Crippen LogP contribution in [-0.4, -0.2) is 19.9 Å². The number of fused-ring (bicyclic) bond motifs is 4. The zero-order valence-electron chi connectivity index (χ0n) is 28.5. The third-order valence-electron chi connectivity index (χ3n) is 9.71. The quantitative estimate of drug-likeness (QED) is 0.175. The zero-order valence-corrected chi connectivity index (χ0v) is 28.5. The highest BCUT2D eigenvalue weighted by Crippen LogP contribution is 2.37. The minimum absolute atomic E-state index is 0.577. The first-order valence-electron chi connectivity index (χ1n) is 17.6. The lowest BCUT2D eigenvalue weighted by Crippen LogP contribution is -1.95. The summed E-state index contributed by atoms with van der Waals surface area (Å²) in [7, 11) is 0. The molecule has 7 aromatic carbocycles. The molecule has 0 spiro atoms. The van der Waals surface area contributed by atoms with Crippen LogP contribution in [0.4, 0.5) is 0 Å². The predicted octanol–water partition coefficient (Wildman–Crippen LogP) is 12.3. The van der Waals surface area contributed by atoms with Crippen LogP contribution >= 0.6 is 0 Å².